The minimum Gasteiger partial charge on any atom is -0.466 e. The number of carbonyl (C=O) groups excluding carboxylic acids is 3. The average molecular weight is 493 g/mol. The second-order valence-electron chi connectivity index (χ2n) is 11.0. The molecule has 0 saturated carbocycles. The molecule has 3 saturated heterocycles. The molecule has 198 valence electrons. The summed E-state index contributed by atoms with van der Waals surface area (Å²) in [4.78, 5) is 44.8. The summed E-state index contributed by atoms with van der Waals surface area (Å²) in [5.41, 5.74) is -1.95. The second kappa shape index (κ2) is 11.0. The number of ether oxygens (including phenoxy) is 2. The van der Waals surface area contributed by atoms with Crippen molar-refractivity contribution in [3.8, 4) is 0 Å². The highest BCUT2D eigenvalue weighted by molar-refractivity contribution is 5.98. The molecule has 2 amide bonds. The zero-order valence-corrected chi connectivity index (χ0v) is 22.1. The summed E-state index contributed by atoms with van der Waals surface area (Å²) < 4.78 is 12.0. The highest BCUT2D eigenvalue weighted by Gasteiger charge is 2.79. The number of likely N-dealkylation sites (tertiary alicyclic amines) is 1. The largest absolute Gasteiger partial charge is 0.466 e. The van der Waals surface area contributed by atoms with Gasteiger partial charge in [-0.25, -0.2) is 0 Å². The van der Waals surface area contributed by atoms with Crippen LogP contribution < -0.4 is 0 Å². The van der Waals surface area contributed by atoms with Crippen LogP contribution in [-0.2, 0) is 23.9 Å². The van der Waals surface area contributed by atoms with Gasteiger partial charge in [-0.3, -0.25) is 14.4 Å². The Morgan fingerprint density at radius 3 is 2.60 bits per heavy atom. The lowest BCUT2D eigenvalue weighted by molar-refractivity contribution is -0.161. The highest BCUT2D eigenvalue weighted by Crippen LogP contribution is 2.63. The van der Waals surface area contributed by atoms with E-state index in [1.165, 1.54) is 0 Å². The molecular formula is C27H44N2O6. The van der Waals surface area contributed by atoms with E-state index >= 15 is 0 Å². The topological polar surface area (TPSA) is 96.4 Å². The summed E-state index contributed by atoms with van der Waals surface area (Å²) in [7, 11) is 0. The average Bonchev–Trinajstić information content (AvgIpc) is 3.37. The van der Waals surface area contributed by atoms with E-state index in [0.29, 0.717) is 32.4 Å². The molecule has 8 nitrogen and oxygen atoms in total. The predicted octanol–water partition coefficient (Wildman–Crippen LogP) is 2.93. The van der Waals surface area contributed by atoms with E-state index in [2.05, 4.69) is 13.5 Å². The lowest BCUT2D eigenvalue weighted by atomic mass is 9.66. The molecule has 35 heavy (non-hydrogen) atoms. The minimum atomic E-state index is -1.10. The summed E-state index contributed by atoms with van der Waals surface area (Å²) in [5.74, 6) is -2.27. The van der Waals surface area contributed by atoms with Gasteiger partial charge in [-0.15, -0.1) is 6.58 Å². The third-order valence-electron chi connectivity index (χ3n) is 8.03. The number of fused-ring (bicyclic) bond motifs is 1. The number of nitrogens with zero attached hydrogens (tertiary/aromatic N) is 2. The van der Waals surface area contributed by atoms with Gasteiger partial charge in [0, 0.05) is 13.1 Å². The van der Waals surface area contributed by atoms with Crippen LogP contribution in [0.3, 0.4) is 0 Å². The van der Waals surface area contributed by atoms with Crippen LogP contribution in [0.2, 0.25) is 0 Å². The van der Waals surface area contributed by atoms with Crippen LogP contribution in [0.4, 0.5) is 0 Å². The Kier molecular flexibility index (Phi) is 8.69. The Bertz CT molecular complexity index is 815. The SMILES string of the molecule is C=CCN(CCCCC)C(=O)C1N([C@@H](CO)CC(C)C)C(=O)[C@@H]2[C@@H](C(=O)OCC)[C@@]3(C)CCC12O3. The van der Waals surface area contributed by atoms with E-state index in [-0.39, 0.29) is 30.9 Å². The van der Waals surface area contributed by atoms with E-state index in [0.717, 1.165) is 19.3 Å². The number of hydrogen-bond acceptors (Lipinski definition) is 6. The standard InChI is InChI=1S/C27H44N2O6/c1-7-10-11-15-28(14-8-2)24(32)22-27-13-12-26(6,35-27)21(25(33)34-9-3)20(27)23(31)29(22)19(17-30)16-18(4)5/h8,18-22,30H,2,7,9-17H2,1,3-6H3/t19-,20+,21+,22?,26-,27?/m1/s1. The third-order valence-corrected chi connectivity index (χ3v) is 8.03. The Morgan fingerprint density at radius 2 is 2.03 bits per heavy atom. The van der Waals surface area contributed by atoms with Crippen LogP contribution >= 0.6 is 0 Å². The fourth-order valence-corrected chi connectivity index (χ4v) is 6.62. The Hall–Kier alpha value is -1.93. The number of hydrogen-bond donors (Lipinski definition) is 1. The third kappa shape index (κ3) is 4.76. The highest BCUT2D eigenvalue weighted by atomic mass is 16.6. The molecule has 8 heteroatoms. The molecular weight excluding hydrogens is 448 g/mol. The van der Waals surface area contributed by atoms with Gasteiger partial charge in [-0.05, 0) is 45.4 Å². The van der Waals surface area contributed by atoms with Crippen molar-refractivity contribution >= 4 is 17.8 Å². The summed E-state index contributed by atoms with van der Waals surface area (Å²) in [6.45, 7) is 14.5. The molecule has 0 aromatic heterocycles. The first-order valence-electron chi connectivity index (χ1n) is 13.3. The van der Waals surface area contributed by atoms with Gasteiger partial charge >= 0.3 is 5.97 Å². The summed E-state index contributed by atoms with van der Waals surface area (Å²) in [6, 6.07) is -1.42. The van der Waals surface area contributed by atoms with Gasteiger partial charge in [0.15, 0.2) is 0 Å². The van der Waals surface area contributed by atoms with E-state index in [1.807, 2.05) is 20.8 Å². The van der Waals surface area contributed by atoms with Crippen molar-refractivity contribution < 1.29 is 29.0 Å². The smallest absolute Gasteiger partial charge is 0.312 e. The van der Waals surface area contributed by atoms with Gasteiger partial charge < -0.3 is 24.4 Å². The predicted molar refractivity (Wildman–Crippen MR) is 132 cm³/mol. The maximum Gasteiger partial charge on any atom is 0.312 e. The fraction of sp³-hybridized carbons (Fsp3) is 0.815. The molecule has 3 fully saturated rings. The first-order valence-corrected chi connectivity index (χ1v) is 13.3. The molecule has 3 rings (SSSR count). The lowest BCUT2D eigenvalue weighted by Crippen LogP contribution is -2.59. The summed E-state index contributed by atoms with van der Waals surface area (Å²) >= 11 is 0. The molecule has 3 heterocycles. The Labute approximate surface area is 210 Å². The van der Waals surface area contributed by atoms with E-state index < -0.39 is 41.1 Å². The maximum atomic E-state index is 14.2. The van der Waals surface area contributed by atoms with Crippen LogP contribution in [0.1, 0.15) is 73.1 Å². The molecule has 0 aromatic rings. The quantitative estimate of drug-likeness (QED) is 0.241. The first-order chi connectivity index (χ1) is 16.6. The van der Waals surface area contributed by atoms with Crippen LogP contribution in [0.5, 0.6) is 0 Å². The number of amides is 2. The molecule has 3 aliphatic rings. The van der Waals surface area contributed by atoms with Gasteiger partial charge in [-0.1, -0.05) is 39.7 Å². The van der Waals surface area contributed by atoms with Crippen LogP contribution in [-0.4, -0.2) is 82.3 Å². The van der Waals surface area contributed by atoms with Gasteiger partial charge in [0.05, 0.1) is 30.8 Å². The van der Waals surface area contributed by atoms with Crippen LogP contribution in [0.15, 0.2) is 12.7 Å². The van der Waals surface area contributed by atoms with Crippen LogP contribution in [0.25, 0.3) is 0 Å². The summed E-state index contributed by atoms with van der Waals surface area (Å²) in [5, 5.41) is 10.3. The van der Waals surface area contributed by atoms with Crippen molar-refractivity contribution in [3.63, 3.8) is 0 Å². The zero-order valence-electron chi connectivity index (χ0n) is 22.1. The van der Waals surface area contributed by atoms with Crippen molar-refractivity contribution in [2.45, 2.75) is 96.4 Å². The molecule has 1 N–H and O–H groups in total. The molecule has 0 aliphatic carbocycles. The molecule has 2 unspecified atom stereocenters. The molecule has 0 radical (unpaired) electrons. The van der Waals surface area contributed by atoms with Gasteiger partial charge in [0.25, 0.3) is 0 Å². The molecule has 2 bridgehead atoms. The first kappa shape index (κ1) is 27.7. The summed E-state index contributed by atoms with van der Waals surface area (Å²) in [6.07, 6.45) is 6.21. The van der Waals surface area contributed by atoms with Crippen molar-refractivity contribution in [1.29, 1.82) is 0 Å². The van der Waals surface area contributed by atoms with Crippen molar-refractivity contribution in [2.75, 3.05) is 26.3 Å². The molecule has 6 atom stereocenters. The minimum absolute atomic E-state index is 0.187. The molecule has 0 aromatic carbocycles. The monoisotopic (exact) mass is 492 g/mol. The van der Waals surface area contributed by atoms with Crippen molar-refractivity contribution in [1.82, 2.24) is 9.80 Å². The zero-order chi connectivity index (χ0) is 26.0. The number of unbranched alkanes of at least 4 members (excludes halogenated alkanes) is 2. The number of aliphatic hydroxyl groups is 1. The van der Waals surface area contributed by atoms with Gasteiger partial charge in [-0.2, -0.15) is 0 Å². The number of esters is 1. The van der Waals surface area contributed by atoms with Crippen molar-refractivity contribution in [3.05, 3.63) is 12.7 Å². The van der Waals surface area contributed by atoms with E-state index in [1.54, 1.807) is 22.8 Å². The maximum absolute atomic E-state index is 14.2. The normalized spacial score (nSPS) is 32.1. The van der Waals surface area contributed by atoms with E-state index in [4.69, 9.17) is 9.47 Å². The fourth-order valence-electron chi connectivity index (χ4n) is 6.62. The number of aliphatic hydroxyl groups excluding tert-OH is 1. The van der Waals surface area contributed by atoms with Crippen molar-refractivity contribution in [2.24, 2.45) is 17.8 Å². The van der Waals surface area contributed by atoms with Gasteiger partial charge in [0.2, 0.25) is 11.8 Å². The molecule has 1 spiro atoms. The number of rotatable bonds is 13. The van der Waals surface area contributed by atoms with Crippen LogP contribution in [0, 0.1) is 17.8 Å². The van der Waals surface area contributed by atoms with Gasteiger partial charge in [0.1, 0.15) is 17.6 Å². The Morgan fingerprint density at radius 1 is 1.31 bits per heavy atom. The Balaban J connectivity index is 2.08. The van der Waals surface area contributed by atoms with E-state index in [9.17, 15) is 19.5 Å². The second-order valence-corrected chi connectivity index (χ2v) is 11.0. The lowest BCUT2D eigenvalue weighted by Gasteiger charge is -2.40. The molecule has 3 aliphatic heterocycles. The number of carbonyl (C=O) groups is 3.